The molecule has 19 heavy (non-hydrogen) atoms. The fourth-order valence-electron chi connectivity index (χ4n) is 2.06. The van der Waals surface area contributed by atoms with Gasteiger partial charge in [-0.1, -0.05) is 24.3 Å². The Morgan fingerprint density at radius 3 is 2.53 bits per heavy atom. The minimum Gasteiger partial charge on any atom is -0.463 e. The van der Waals surface area contributed by atoms with E-state index in [2.05, 4.69) is 24.4 Å². The normalized spacial score (nSPS) is 14.3. The first kappa shape index (κ1) is 13.8. The summed E-state index contributed by atoms with van der Waals surface area (Å²) in [5.74, 6) is 1.41. The Balaban J connectivity index is 1.94. The van der Waals surface area contributed by atoms with Gasteiger partial charge in [-0.25, -0.2) is 0 Å². The van der Waals surface area contributed by atoms with Gasteiger partial charge in [-0.2, -0.15) is 0 Å². The average Bonchev–Trinajstić information content (AvgIpc) is 2.79. The molecule has 0 fully saturated rings. The van der Waals surface area contributed by atoms with Crippen LogP contribution in [0.15, 0.2) is 40.8 Å². The number of furan rings is 1. The van der Waals surface area contributed by atoms with Crippen molar-refractivity contribution >= 4 is 0 Å². The molecule has 0 amide bonds. The number of rotatable bonds is 5. The lowest BCUT2D eigenvalue weighted by atomic mass is 10.0. The molecule has 1 atom stereocenters. The summed E-state index contributed by atoms with van der Waals surface area (Å²) in [6.45, 7) is 6.91. The second kappa shape index (κ2) is 5.59. The van der Waals surface area contributed by atoms with E-state index in [1.165, 1.54) is 11.1 Å². The average molecular weight is 259 g/mol. The largest absolute Gasteiger partial charge is 0.463 e. The Hall–Kier alpha value is -1.58. The molecule has 0 saturated carbocycles. The molecule has 0 saturated heterocycles. The van der Waals surface area contributed by atoms with Crippen molar-refractivity contribution in [2.45, 2.75) is 32.9 Å². The van der Waals surface area contributed by atoms with E-state index in [0.717, 1.165) is 12.3 Å². The zero-order valence-corrected chi connectivity index (χ0v) is 11.7. The summed E-state index contributed by atoms with van der Waals surface area (Å²) >= 11 is 0. The second-order valence-corrected chi connectivity index (χ2v) is 5.21. The van der Waals surface area contributed by atoms with Crippen molar-refractivity contribution in [1.82, 2.24) is 5.32 Å². The molecule has 1 unspecified atom stereocenters. The number of nitrogens with one attached hydrogen (secondary N) is 1. The topological polar surface area (TPSA) is 45.4 Å². The fourth-order valence-corrected chi connectivity index (χ4v) is 2.06. The van der Waals surface area contributed by atoms with Crippen molar-refractivity contribution in [2.75, 3.05) is 6.54 Å². The molecule has 2 aromatic rings. The predicted molar refractivity (Wildman–Crippen MR) is 75.9 cm³/mol. The summed E-state index contributed by atoms with van der Waals surface area (Å²) in [4.78, 5) is 0. The molecule has 3 heteroatoms. The van der Waals surface area contributed by atoms with Crippen LogP contribution in [-0.4, -0.2) is 11.7 Å². The quantitative estimate of drug-likeness (QED) is 0.868. The van der Waals surface area contributed by atoms with Gasteiger partial charge < -0.3 is 14.8 Å². The van der Waals surface area contributed by atoms with Gasteiger partial charge in [0.2, 0.25) is 0 Å². The molecule has 1 heterocycles. The number of hydrogen-bond donors (Lipinski definition) is 2. The van der Waals surface area contributed by atoms with E-state index in [4.69, 9.17) is 4.42 Å². The molecule has 0 spiro atoms. The third kappa shape index (κ3) is 3.46. The van der Waals surface area contributed by atoms with Crippen LogP contribution in [0.4, 0.5) is 0 Å². The summed E-state index contributed by atoms with van der Waals surface area (Å²) in [6, 6.07) is 11.9. The van der Waals surface area contributed by atoms with E-state index < -0.39 is 5.60 Å². The van der Waals surface area contributed by atoms with Crippen molar-refractivity contribution in [3.8, 4) is 0 Å². The fraction of sp³-hybridized carbons (Fsp3) is 0.375. The van der Waals surface area contributed by atoms with E-state index in [1.807, 2.05) is 31.2 Å². The number of aliphatic hydroxyl groups is 1. The Kier molecular flexibility index (Phi) is 4.08. The van der Waals surface area contributed by atoms with Crippen molar-refractivity contribution < 1.29 is 9.52 Å². The SMILES string of the molecule is Cc1ccc(C(C)(O)CNCc2ccccc2C)o1. The molecule has 0 aliphatic rings. The molecule has 2 N–H and O–H groups in total. The summed E-state index contributed by atoms with van der Waals surface area (Å²) in [5.41, 5.74) is 1.51. The lowest BCUT2D eigenvalue weighted by Gasteiger charge is -2.21. The first-order chi connectivity index (χ1) is 8.99. The van der Waals surface area contributed by atoms with E-state index >= 15 is 0 Å². The van der Waals surface area contributed by atoms with Crippen molar-refractivity contribution in [3.63, 3.8) is 0 Å². The Labute approximate surface area is 114 Å². The maximum absolute atomic E-state index is 10.4. The minimum atomic E-state index is -0.989. The maximum atomic E-state index is 10.4. The predicted octanol–water partition coefficient (Wildman–Crippen LogP) is 2.89. The third-order valence-electron chi connectivity index (χ3n) is 3.32. The standard InChI is InChI=1S/C16H21NO2/c1-12-6-4-5-7-14(12)10-17-11-16(3,18)15-9-8-13(2)19-15/h4-9,17-18H,10-11H2,1-3H3. The number of hydrogen-bond acceptors (Lipinski definition) is 3. The summed E-state index contributed by atoms with van der Waals surface area (Å²) in [7, 11) is 0. The highest BCUT2D eigenvalue weighted by Gasteiger charge is 2.26. The molecule has 0 aliphatic carbocycles. The highest BCUT2D eigenvalue weighted by Crippen LogP contribution is 2.22. The first-order valence-electron chi connectivity index (χ1n) is 6.53. The van der Waals surface area contributed by atoms with Crippen molar-refractivity contribution in [1.29, 1.82) is 0 Å². The molecule has 1 aromatic heterocycles. The number of aryl methyl sites for hydroxylation is 2. The minimum absolute atomic E-state index is 0.453. The van der Waals surface area contributed by atoms with E-state index in [1.54, 1.807) is 6.92 Å². The highest BCUT2D eigenvalue weighted by atomic mass is 16.4. The zero-order chi connectivity index (χ0) is 13.9. The van der Waals surface area contributed by atoms with Crippen LogP contribution in [0.1, 0.15) is 29.6 Å². The zero-order valence-electron chi connectivity index (χ0n) is 11.7. The smallest absolute Gasteiger partial charge is 0.136 e. The van der Waals surface area contributed by atoms with Crippen LogP contribution in [0.2, 0.25) is 0 Å². The molecule has 102 valence electrons. The second-order valence-electron chi connectivity index (χ2n) is 5.21. The molecule has 2 rings (SSSR count). The van der Waals surface area contributed by atoms with E-state index in [0.29, 0.717) is 12.3 Å². The third-order valence-corrected chi connectivity index (χ3v) is 3.32. The van der Waals surface area contributed by atoms with Crippen LogP contribution in [0.3, 0.4) is 0 Å². The van der Waals surface area contributed by atoms with Gasteiger partial charge in [-0.05, 0) is 44.0 Å². The molecule has 3 nitrogen and oxygen atoms in total. The van der Waals surface area contributed by atoms with Crippen LogP contribution in [0.5, 0.6) is 0 Å². The van der Waals surface area contributed by atoms with Crippen LogP contribution >= 0.6 is 0 Å². The van der Waals surface area contributed by atoms with Crippen molar-refractivity contribution in [3.05, 3.63) is 59.0 Å². The molecule has 0 bridgehead atoms. The lowest BCUT2D eigenvalue weighted by Crippen LogP contribution is -2.34. The molecular formula is C16H21NO2. The van der Waals surface area contributed by atoms with Crippen LogP contribution < -0.4 is 5.32 Å². The van der Waals surface area contributed by atoms with Gasteiger partial charge in [0.25, 0.3) is 0 Å². The van der Waals surface area contributed by atoms with Gasteiger partial charge in [0.1, 0.15) is 17.1 Å². The Morgan fingerprint density at radius 2 is 1.89 bits per heavy atom. The maximum Gasteiger partial charge on any atom is 0.136 e. The van der Waals surface area contributed by atoms with Gasteiger partial charge in [0.05, 0.1) is 0 Å². The lowest BCUT2D eigenvalue weighted by molar-refractivity contribution is 0.0332. The van der Waals surface area contributed by atoms with Crippen LogP contribution in [0.25, 0.3) is 0 Å². The molecular weight excluding hydrogens is 238 g/mol. The Bertz CT molecular complexity index is 543. The van der Waals surface area contributed by atoms with Crippen molar-refractivity contribution in [2.24, 2.45) is 0 Å². The number of benzene rings is 1. The van der Waals surface area contributed by atoms with Gasteiger partial charge in [-0.15, -0.1) is 0 Å². The van der Waals surface area contributed by atoms with Crippen LogP contribution in [-0.2, 0) is 12.1 Å². The Morgan fingerprint density at radius 1 is 1.16 bits per heavy atom. The highest BCUT2D eigenvalue weighted by molar-refractivity contribution is 5.25. The van der Waals surface area contributed by atoms with Gasteiger partial charge in [-0.3, -0.25) is 0 Å². The summed E-state index contributed by atoms with van der Waals surface area (Å²) in [5, 5.41) is 13.7. The summed E-state index contributed by atoms with van der Waals surface area (Å²) < 4.78 is 5.48. The van der Waals surface area contributed by atoms with Crippen LogP contribution in [0, 0.1) is 13.8 Å². The molecule has 0 aliphatic heterocycles. The summed E-state index contributed by atoms with van der Waals surface area (Å²) in [6.07, 6.45) is 0. The van der Waals surface area contributed by atoms with Gasteiger partial charge >= 0.3 is 0 Å². The van der Waals surface area contributed by atoms with Gasteiger partial charge in [0, 0.05) is 13.1 Å². The molecule has 1 aromatic carbocycles. The molecule has 0 radical (unpaired) electrons. The van der Waals surface area contributed by atoms with E-state index in [9.17, 15) is 5.11 Å². The van der Waals surface area contributed by atoms with E-state index in [-0.39, 0.29) is 0 Å². The first-order valence-corrected chi connectivity index (χ1v) is 6.53. The van der Waals surface area contributed by atoms with Gasteiger partial charge in [0.15, 0.2) is 0 Å². The monoisotopic (exact) mass is 259 g/mol.